The van der Waals surface area contributed by atoms with Crippen molar-refractivity contribution in [2.24, 2.45) is 7.05 Å². The summed E-state index contributed by atoms with van der Waals surface area (Å²) < 4.78 is 1.81. The van der Waals surface area contributed by atoms with Gasteiger partial charge in [-0.15, -0.1) is 0 Å². The second kappa shape index (κ2) is 6.71. The molecule has 1 atom stereocenters. The van der Waals surface area contributed by atoms with Gasteiger partial charge < -0.3 is 4.90 Å². The van der Waals surface area contributed by atoms with Crippen molar-refractivity contribution in [3.63, 3.8) is 0 Å². The molecule has 2 heterocycles. The minimum absolute atomic E-state index is 0.192. The highest BCUT2D eigenvalue weighted by Gasteiger charge is 2.30. The molecule has 1 aromatic heterocycles. The minimum Gasteiger partial charge on any atom is -0.336 e. The average Bonchev–Trinajstić information content (AvgIpc) is 3.28. The molecule has 0 saturated carbocycles. The highest BCUT2D eigenvalue weighted by molar-refractivity contribution is 5.83. The summed E-state index contributed by atoms with van der Waals surface area (Å²) in [4.78, 5) is 14.8. The van der Waals surface area contributed by atoms with Crippen LogP contribution in [0.5, 0.6) is 0 Å². The number of carbonyl (C=O) groups excluding carboxylic acids is 1. The van der Waals surface area contributed by atoms with Gasteiger partial charge in [0.15, 0.2) is 0 Å². The molecule has 1 saturated heterocycles. The third-order valence-electron chi connectivity index (χ3n) is 5.12. The van der Waals surface area contributed by atoms with Crippen molar-refractivity contribution in [3.8, 4) is 0 Å². The first-order valence-electron chi connectivity index (χ1n) is 8.96. The Labute approximate surface area is 148 Å². The first-order chi connectivity index (χ1) is 12.2. The van der Waals surface area contributed by atoms with E-state index < -0.39 is 0 Å². The molecule has 0 bridgehead atoms. The van der Waals surface area contributed by atoms with Gasteiger partial charge in [-0.1, -0.05) is 42.5 Å². The van der Waals surface area contributed by atoms with Crippen molar-refractivity contribution in [1.29, 1.82) is 0 Å². The summed E-state index contributed by atoms with van der Waals surface area (Å²) in [6.07, 6.45) is 7.38. The van der Waals surface area contributed by atoms with E-state index in [1.165, 1.54) is 16.3 Å². The maximum absolute atomic E-state index is 12.8. The standard InChI is InChI=1S/C21H23N3O/c1-23-15-19(14-22-23)20-7-4-12-24(20)21(25)11-9-16-8-10-17-5-2-3-6-18(17)13-16/h2-3,5-6,8,10,13-15,20H,4,7,9,11-12H2,1H3. The lowest BCUT2D eigenvalue weighted by Gasteiger charge is -2.24. The van der Waals surface area contributed by atoms with Crippen LogP contribution in [0.2, 0.25) is 0 Å². The van der Waals surface area contributed by atoms with Gasteiger partial charge in [-0.2, -0.15) is 5.10 Å². The van der Waals surface area contributed by atoms with E-state index in [4.69, 9.17) is 0 Å². The summed E-state index contributed by atoms with van der Waals surface area (Å²) in [6, 6.07) is 15.0. The van der Waals surface area contributed by atoms with Gasteiger partial charge in [0, 0.05) is 31.8 Å². The first-order valence-corrected chi connectivity index (χ1v) is 8.96. The van der Waals surface area contributed by atoms with Gasteiger partial charge in [0.05, 0.1) is 12.2 Å². The normalized spacial score (nSPS) is 17.3. The smallest absolute Gasteiger partial charge is 0.223 e. The third kappa shape index (κ3) is 3.29. The lowest BCUT2D eigenvalue weighted by atomic mass is 10.0. The Kier molecular flexibility index (Phi) is 4.26. The van der Waals surface area contributed by atoms with E-state index in [1.807, 2.05) is 29.0 Å². The molecule has 4 rings (SSSR count). The summed E-state index contributed by atoms with van der Waals surface area (Å²) in [6.45, 7) is 0.857. The van der Waals surface area contributed by atoms with Gasteiger partial charge >= 0.3 is 0 Å². The Bertz CT molecular complexity index is 899. The number of aromatic nitrogens is 2. The quantitative estimate of drug-likeness (QED) is 0.727. The van der Waals surface area contributed by atoms with Crippen LogP contribution in [0.4, 0.5) is 0 Å². The Hall–Kier alpha value is -2.62. The molecule has 25 heavy (non-hydrogen) atoms. The molecule has 1 aliphatic heterocycles. The van der Waals surface area contributed by atoms with Crippen LogP contribution in [0.1, 0.15) is 36.4 Å². The molecule has 2 aromatic carbocycles. The molecule has 1 fully saturated rings. The van der Waals surface area contributed by atoms with Crippen molar-refractivity contribution in [3.05, 3.63) is 66.0 Å². The van der Waals surface area contributed by atoms with Crippen LogP contribution in [0, 0.1) is 0 Å². The molecular formula is C21H23N3O. The fourth-order valence-corrected chi connectivity index (χ4v) is 3.81. The number of hydrogen-bond donors (Lipinski definition) is 0. The molecular weight excluding hydrogens is 310 g/mol. The Morgan fingerprint density at radius 1 is 1.20 bits per heavy atom. The van der Waals surface area contributed by atoms with Crippen LogP contribution in [0.25, 0.3) is 10.8 Å². The number of rotatable bonds is 4. The largest absolute Gasteiger partial charge is 0.336 e. The van der Waals surface area contributed by atoms with E-state index >= 15 is 0 Å². The van der Waals surface area contributed by atoms with Crippen LogP contribution < -0.4 is 0 Å². The van der Waals surface area contributed by atoms with E-state index in [2.05, 4.69) is 47.6 Å². The van der Waals surface area contributed by atoms with Crippen LogP contribution in [-0.4, -0.2) is 27.1 Å². The van der Waals surface area contributed by atoms with Crippen LogP contribution in [-0.2, 0) is 18.3 Å². The zero-order chi connectivity index (χ0) is 17.2. The lowest BCUT2D eigenvalue weighted by Crippen LogP contribution is -2.30. The summed E-state index contributed by atoms with van der Waals surface area (Å²) in [5.41, 5.74) is 2.38. The zero-order valence-electron chi connectivity index (χ0n) is 14.6. The molecule has 4 nitrogen and oxygen atoms in total. The van der Waals surface area contributed by atoms with Crippen molar-refractivity contribution >= 4 is 16.7 Å². The molecule has 0 spiro atoms. The summed E-state index contributed by atoms with van der Waals surface area (Å²) in [7, 11) is 1.92. The average molecular weight is 333 g/mol. The van der Waals surface area contributed by atoms with Crippen molar-refractivity contribution in [1.82, 2.24) is 14.7 Å². The second-order valence-electron chi connectivity index (χ2n) is 6.87. The van der Waals surface area contributed by atoms with Gasteiger partial charge in [0.2, 0.25) is 5.91 Å². The second-order valence-corrected chi connectivity index (χ2v) is 6.87. The Balaban J connectivity index is 1.43. The van der Waals surface area contributed by atoms with E-state index in [0.717, 1.165) is 31.4 Å². The number of nitrogens with zero attached hydrogens (tertiary/aromatic N) is 3. The molecule has 128 valence electrons. The predicted molar refractivity (Wildman–Crippen MR) is 99.2 cm³/mol. The number of fused-ring (bicyclic) bond motifs is 1. The molecule has 1 unspecified atom stereocenters. The van der Waals surface area contributed by atoms with Gasteiger partial charge in [-0.3, -0.25) is 9.48 Å². The van der Waals surface area contributed by atoms with E-state index in [1.54, 1.807) is 0 Å². The Morgan fingerprint density at radius 2 is 2.04 bits per heavy atom. The molecule has 1 amide bonds. The van der Waals surface area contributed by atoms with Crippen molar-refractivity contribution in [2.45, 2.75) is 31.7 Å². The van der Waals surface area contributed by atoms with Gasteiger partial charge in [0.1, 0.15) is 0 Å². The first kappa shape index (κ1) is 15.9. The number of amides is 1. The van der Waals surface area contributed by atoms with Gasteiger partial charge in [-0.25, -0.2) is 0 Å². The number of benzene rings is 2. The summed E-state index contributed by atoms with van der Waals surface area (Å²) in [5.74, 6) is 0.250. The van der Waals surface area contributed by atoms with E-state index in [0.29, 0.717) is 6.42 Å². The number of hydrogen-bond acceptors (Lipinski definition) is 2. The van der Waals surface area contributed by atoms with Crippen LogP contribution >= 0.6 is 0 Å². The lowest BCUT2D eigenvalue weighted by molar-refractivity contribution is -0.132. The summed E-state index contributed by atoms with van der Waals surface area (Å²) >= 11 is 0. The van der Waals surface area contributed by atoms with Crippen molar-refractivity contribution < 1.29 is 4.79 Å². The van der Waals surface area contributed by atoms with Crippen LogP contribution in [0.3, 0.4) is 0 Å². The predicted octanol–water partition coefficient (Wildman–Crippen LogP) is 3.87. The highest BCUT2D eigenvalue weighted by Crippen LogP contribution is 2.32. The monoisotopic (exact) mass is 333 g/mol. The number of aryl methyl sites for hydroxylation is 2. The highest BCUT2D eigenvalue weighted by atomic mass is 16.2. The maximum atomic E-state index is 12.8. The van der Waals surface area contributed by atoms with Gasteiger partial charge in [-0.05, 0) is 35.6 Å². The fraction of sp³-hybridized carbons (Fsp3) is 0.333. The SMILES string of the molecule is Cn1cc(C2CCCN2C(=O)CCc2ccc3ccccc3c2)cn1. The Morgan fingerprint density at radius 3 is 2.84 bits per heavy atom. The zero-order valence-corrected chi connectivity index (χ0v) is 14.6. The van der Waals surface area contributed by atoms with Gasteiger partial charge in [0.25, 0.3) is 0 Å². The number of likely N-dealkylation sites (tertiary alicyclic amines) is 1. The molecule has 0 radical (unpaired) electrons. The van der Waals surface area contributed by atoms with E-state index in [9.17, 15) is 4.79 Å². The fourth-order valence-electron chi connectivity index (χ4n) is 3.81. The molecule has 0 N–H and O–H groups in total. The van der Waals surface area contributed by atoms with Crippen LogP contribution in [0.15, 0.2) is 54.9 Å². The molecule has 4 heteroatoms. The molecule has 1 aliphatic rings. The molecule has 0 aliphatic carbocycles. The topological polar surface area (TPSA) is 38.1 Å². The maximum Gasteiger partial charge on any atom is 0.223 e. The van der Waals surface area contributed by atoms with E-state index in [-0.39, 0.29) is 11.9 Å². The molecule has 3 aromatic rings. The number of carbonyl (C=O) groups is 1. The van der Waals surface area contributed by atoms with Crippen molar-refractivity contribution in [2.75, 3.05) is 6.54 Å². The summed E-state index contributed by atoms with van der Waals surface area (Å²) in [5, 5.41) is 6.74. The third-order valence-corrected chi connectivity index (χ3v) is 5.12. The minimum atomic E-state index is 0.192.